The lowest BCUT2D eigenvalue weighted by molar-refractivity contribution is -0.137. The van der Waals surface area contributed by atoms with E-state index in [0.29, 0.717) is 42.8 Å². The molecule has 4 heterocycles. The Morgan fingerprint density at radius 3 is 2.33 bits per heavy atom. The van der Waals surface area contributed by atoms with E-state index in [1.54, 1.807) is 27.5 Å². The number of likely N-dealkylation sites (tertiary alicyclic amines) is 2. The fourth-order valence-corrected chi connectivity index (χ4v) is 7.94. The molecule has 2 aliphatic heterocycles. The van der Waals surface area contributed by atoms with Gasteiger partial charge < -0.3 is 33.9 Å². The monoisotopic (exact) mass is 706 g/mol. The molecule has 0 saturated carbocycles. The summed E-state index contributed by atoms with van der Waals surface area (Å²) in [4.78, 5) is 34.2. The Labute approximate surface area is 304 Å². The molecule has 1 atom stereocenters. The topological polar surface area (TPSA) is 96.1 Å². The number of nitrogens with zero attached hydrogens (tertiary/aromatic N) is 5. The molecule has 2 saturated heterocycles. The molecule has 272 valence electrons. The first-order valence-electron chi connectivity index (χ1n) is 18.0. The minimum atomic E-state index is -0.587. The van der Waals surface area contributed by atoms with Crippen molar-refractivity contribution in [2.45, 2.75) is 51.2 Å². The van der Waals surface area contributed by atoms with E-state index in [4.69, 9.17) is 19.2 Å². The molecule has 3 aromatic carbocycles. The van der Waals surface area contributed by atoms with E-state index in [9.17, 15) is 9.18 Å². The molecule has 1 unspecified atom stereocenters. The van der Waals surface area contributed by atoms with E-state index in [1.165, 1.54) is 12.1 Å². The van der Waals surface area contributed by atoms with Crippen LogP contribution in [-0.2, 0) is 24.3 Å². The zero-order valence-corrected chi connectivity index (χ0v) is 30.2. The number of fused-ring (bicyclic) bond motifs is 1. The highest BCUT2D eigenvalue weighted by atomic mass is 19.1. The molecule has 7 rings (SSSR count). The number of methoxy groups -OCH3 is 3. The van der Waals surface area contributed by atoms with E-state index >= 15 is 0 Å². The molecule has 2 fully saturated rings. The molecule has 0 aliphatic carbocycles. The number of hydrogen-bond donors (Lipinski definition) is 1. The Hall–Kier alpha value is -5.16. The molecule has 11 heteroatoms. The lowest BCUT2D eigenvalue weighted by Gasteiger charge is -2.39. The number of rotatable bonds is 14. The van der Waals surface area contributed by atoms with E-state index in [-0.39, 0.29) is 11.7 Å². The van der Waals surface area contributed by atoms with Gasteiger partial charge in [-0.1, -0.05) is 30.3 Å². The lowest BCUT2D eigenvalue weighted by Crippen LogP contribution is -2.46. The quantitative estimate of drug-likeness (QED) is 0.137. The van der Waals surface area contributed by atoms with Gasteiger partial charge >= 0.3 is 0 Å². The number of aromatic amines is 1. The normalized spacial score (nSPS) is 18.2. The van der Waals surface area contributed by atoms with Crippen molar-refractivity contribution in [2.75, 3.05) is 52.4 Å². The number of carbonyl (C=O) groups is 1. The summed E-state index contributed by atoms with van der Waals surface area (Å²) in [5.41, 5.74) is 4.42. The fourth-order valence-electron chi connectivity index (χ4n) is 7.94. The number of carbonyl (C=O) groups excluding carboxylic acids is 1. The Kier molecular flexibility index (Phi) is 10.6. The molecule has 1 amide bonds. The van der Waals surface area contributed by atoms with Crippen molar-refractivity contribution in [1.29, 1.82) is 0 Å². The average molecular weight is 707 g/mol. The molecule has 0 bridgehead atoms. The van der Waals surface area contributed by atoms with Crippen LogP contribution in [0.1, 0.15) is 42.4 Å². The predicted octanol–water partition coefficient (Wildman–Crippen LogP) is 6.65. The number of amides is 1. The largest absolute Gasteiger partial charge is 0.493 e. The highest BCUT2D eigenvalue weighted by molar-refractivity contribution is 5.85. The number of aromatic nitrogens is 3. The van der Waals surface area contributed by atoms with Gasteiger partial charge in [-0.05, 0) is 97.8 Å². The Bertz CT molecular complexity index is 1910. The van der Waals surface area contributed by atoms with Gasteiger partial charge in [0.05, 0.1) is 37.8 Å². The third-order valence-corrected chi connectivity index (χ3v) is 10.8. The van der Waals surface area contributed by atoms with Crippen LogP contribution in [0.25, 0.3) is 11.0 Å². The molecule has 52 heavy (non-hydrogen) atoms. The second kappa shape index (κ2) is 15.6. The van der Waals surface area contributed by atoms with Crippen LogP contribution in [0, 0.1) is 11.2 Å². The van der Waals surface area contributed by atoms with Gasteiger partial charge in [0.25, 0.3) is 0 Å². The first kappa shape index (κ1) is 35.3. The van der Waals surface area contributed by atoms with E-state index in [2.05, 4.69) is 31.9 Å². The predicted molar refractivity (Wildman–Crippen MR) is 199 cm³/mol. The number of ether oxygens (including phenoxy) is 3. The fraction of sp³-hybridized carbons (Fsp3) is 0.390. The summed E-state index contributed by atoms with van der Waals surface area (Å²) in [6.07, 6.45) is 7.71. The van der Waals surface area contributed by atoms with Gasteiger partial charge in [0.1, 0.15) is 5.82 Å². The van der Waals surface area contributed by atoms with Crippen LogP contribution in [0.5, 0.6) is 17.2 Å². The standard InChI is InChI=1S/C41H47FN6O4/c1-50-36-23-31(24-37(51-2)38(36)52-3)27-47-22-17-41(39(47)49,25-29-10-12-32(42)13-11-29)16-21-46-19-14-33(15-20-46)48(28-30-7-6-18-43-26-30)40-44-34-8-4-5-9-35(34)45-40/h4-13,18,23-24,26,33H,14-17,19-22,25,27-28H2,1-3H3,(H,44,45). The Morgan fingerprint density at radius 1 is 0.904 bits per heavy atom. The SMILES string of the molecule is COc1cc(CN2CCC(CCN3CCC(N(Cc4cccnc4)c4nc5ccccc5[nH]4)CC3)(Cc3ccc(F)cc3)C2=O)cc(OC)c1OC. The molecule has 2 aromatic heterocycles. The van der Waals surface area contributed by atoms with Gasteiger partial charge in [-0.3, -0.25) is 9.78 Å². The van der Waals surface area contributed by atoms with Gasteiger partial charge in [-0.2, -0.15) is 0 Å². The number of benzene rings is 3. The summed E-state index contributed by atoms with van der Waals surface area (Å²) in [6, 6.07) is 22.9. The Morgan fingerprint density at radius 2 is 1.65 bits per heavy atom. The number of para-hydroxylation sites is 2. The summed E-state index contributed by atoms with van der Waals surface area (Å²) >= 11 is 0. The molecule has 5 aromatic rings. The summed E-state index contributed by atoms with van der Waals surface area (Å²) in [5, 5.41) is 0. The minimum Gasteiger partial charge on any atom is -0.493 e. The Balaban J connectivity index is 1.06. The third kappa shape index (κ3) is 7.55. The van der Waals surface area contributed by atoms with Gasteiger partial charge in [-0.15, -0.1) is 0 Å². The minimum absolute atomic E-state index is 0.132. The second-order valence-corrected chi connectivity index (χ2v) is 14.0. The van der Waals surface area contributed by atoms with Gasteiger partial charge in [-0.25, -0.2) is 9.37 Å². The van der Waals surface area contributed by atoms with Crippen molar-refractivity contribution >= 4 is 22.9 Å². The van der Waals surface area contributed by atoms with Crippen LogP contribution in [0.15, 0.2) is 85.2 Å². The number of anilines is 1. The summed E-state index contributed by atoms with van der Waals surface area (Å²) in [7, 11) is 4.76. The maximum Gasteiger partial charge on any atom is 0.229 e. The number of nitrogens with one attached hydrogen (secondary N) is 1. The molecular formula is C41H47FN6O4. The molecule has 0 radical (unpaired) electrons. The first-order valence-corrected chi connectivity index (χ1v) is 18.0. The summed E-state index contributed by atoms with van der Waals surface area (Å²) < 4.78 is 30.6. The highest BCUT2D eigenvalue weighted by Crippen LogP contribution is 2.42. The van der Waals surface area contributed by atoms with Crippen molar-refractivity contribution in [3.63, 3.8) is 0 Å². The maximum atomic E-state index is 14.5. The molecule has 10 nitrogen and oxygen atoms in total. The smallest absolute Gasteiger partial charge is 0.229 e. The zero-order chi connectivity index (χ0) is 36.1. The molecule has 0 spiro atoms. The molecule has 2 aliphatic rings. The lowest BCUT2D eigenvalue weighted by atomic mass is 9.77. The molecular weight excluding hydrogens is 659 g/mol. The van der Waals surface area contributed by atoms with Gasteiger partial charge in [0, 0.05) is 51.2 Å². The van der Waals surface area contributed by atoms with Crippen molar-refractivity contribution in [3.8, 4) is 17.2 Å². The first-order chi connectivity index (χ1) is 25.4. The van der Waals surface area contributed by atoms with Crippen molar-refractivity contribution in [3.05, 3.63) is 108 Å². The maximum absolute atomic E-state index is 14.5. The van der Waals surface area contributed by atoms with Crippen LogP contribution in [0.3, 0.4) is 0 Å². The summed E-state index contributed by atoms with van der Waals surface area (Å²) in [6.45, 7) is 4.44. The van der Waals surface area contributed by atoms with Crippen molar-refractivity contribution < 1.29 is 23.4 Å². The number of H-pyrrole nitrogens is 1. The van der Waals surface area contributed by atoms with Crippen LogP contribution < -0.4 is 19.1 Å². The van der Waals surface area contributed by atoms with E-state index in [1.807, 2.05) is 59.6 Å². The van der Waals surface area contributed by atoms with Crippen LogP contribution >= 0.6 is 0 Å². The van der Waals surface area contributed by atoms with Crippen LogP contribution in [0.2, 0.25) is 0 Å². The highest BCUT2D eigenvalue weighted by Gasteiger charge is 2.46. The second-order valence-electron chi connectivity index (χ2n) is 14.0. The zero-order valence-electron chi connectivity index (χ0n) is 30.2. The van der Waals surface area contributed by atoms with Crippen molar-refractivity contribution in [2.24, 2.45) is 5.41 Å². The number of hydrogen-bond acceptors (Lipinski definition) is 8. The number of pyridine rings is 1. The number of piperidine rings is 1. The van der Waals surface area contributed by atoms with Gasteiger partial charge in [0.2, 0.25) is 17.6 Å². The van der Waals surface area contributed by atoms with Crippen LogP contribution in [0.4, 0.5) is 10.3 Å². The van der Waals surface area contributed by atoms with Crippen molar-refractivity contribution in [1.82, 2.24) is 24.8 Å². The van der Waals surface area contributed by atoms with E-state index < -0.39 is 5.41 Å². The third-order valence-electron chi connectivity index (χ3n) is 10.8. The number of halogens is 1. The number of imidazole rings is 1. The van der Waals surface area contributed by atoms with Gasteiger partial charge in [0.15, 0.2) is 11.5 Å². The summed E-state index contributed by atoms with van der Waals surface area (Å²) in [5.74, 6) is 2.38. The van der Waals surface area contributed by atoms with E-state index in [0.717, 1.165) is 85.5 Å². The average Bonchev–Trinajstić information content (AvgIpc) is 3.75. The van der Waals surface area contributed by atoms with Crippen LogP contribution in [-0.4, -0.2) is 84.2 Å². The molecule has 1 N–H and O–H groups in total.